The van der Waals surface area contributed by atoms with Crippen LogP contribution >= 0.6 is 0 Å². The van der Waals surface area contributed by atoms with E-state index < -0.39 is 24.4 Å². The van der Waals surface area contributed by atoms with E-state index in [0.29, 0.717) is 0 Å². The Labute approximate surface area is 106 Å². The summed E-state index contributed by atoms with van der Waals surface area (Å²) in [5, 5.41) is 11.3. The fraction of sp³-hybridized carbons (Fsp3) is 0.462. The summed E-state index contributed by atoms with van der Waals surface area (Å²) in [5.74, 6) is 0. The highest BCUT2D eigenvalue weighted by Crippen LogP contribution is 2.14. The summed E-state index contributed by atoms with van der Waals surface area (Å²) in [6, 6.07) is 8.17. The molecule has 0 aliphatic carbocycles. The zero-order chi connectivity index (χ0) is 13.6. The Kier molecular flexibility index (Phi) is 5.09. The van der Waals surface area contributed by atoms with Crippen molar-refractivity contribution >= 4 is 6.09 Å². The molecule has 1 amide bonds. The molecule has 18 heavy (non-hydrogen) atoms. The average Bonchev–Trinajstić information content (AvgIpc) is 2.33. The van der Waals surface area contributed by atoms with Gasteiger partial charge in [-0.2, -0.15) is 0 Å². The highest BCUT2D eigenvalue weighted by atomic mass is 19.1. The van der Waals surface area contributed by atoms with Crippen molar-refractivity contribution in [1.29, 1.82) is 0 Å². The van der Waals surface area contributed by atoms with Crippen molar-refractivity contribution in [2.45, 2.75) is 32.2 Å². The second-order valence-corrected chi connectivity index (χ2v) is 4.51. The lowest BCUT2D eigenvalue weighted by molar-refractivity contribution is 0.0807. The van der Waals surface area contributed by atoms with Gasteiger partial charge < -0.3 is 15.2 Å². The molecule has 1 aromatic carbocycles. The van der Waals surface area contributed by atoms with Crippen LogP contribution in [0.5, 0.6) is 0 Å². The number of benzene rings is 1. The van der Waals surface area contributed by atoms with E-state index in [1.165, 1.54) is 13.8 Å². The van der Waals surface area contributed by atoms with E-state index >= 15 is 0 Å². The Morgan fingerprint density at radius 3 is 2.56 bits per heavy atom. The highest BCUT2D eigenvalue weighted by molar-refractivity contribution is 5.67. The summed E-state index contributed by atoms with van der Waals surface area (Å²) in [4.78, 5) is 11.4. The van der Waals surface area contributed by atoms with Gasteiger partial charge in [-0.15, -0.1) is 0 Å². The maximum Gasteiger partial charge on any atom is 0.407 e. The number of amides is 1. The molecule has 1 rings (SSSR count). The van der Waals surface area contributed by atoms with E-state index in [1.807, 2.05) is 30.3 Å². The van der Waals surface area contributed by atoms with Crippen LogP contribution < -0.4 is 5.32 Å². The summed E-state index contributed by atoms with van der Waals surface area (Å²) in [5.41, 5.74) is -0.867. The molecular formula is C13H18FNO3. The number of ether oxygens (including phenoxy) is 1. The molecule has 0 aliphatic heterocycles. The fourth-order valence-corrected chi connectivity index (χ4v) is 1.34. The molecular weight excluding hydrogens is 237 g/mol. The molecule has 4 nitrogen and oxygen atoms in total. The third-order valence-corrected chi connectivity index (χ3v) is 2.52. The molecule has 0 heterocycles. The Bertz CT molecular complexity index is 376. The lowest BCUT2D eigenvalue weighted by atomic mass is 10.0. The monoisotopic (exact) mass is 255 g/mol. The van der Waals surface area contributed by atoms with Crippen LogP contribution in [0.25, 0.3) is 0 Å². The minimum atomic E-state index is -1.71. The lowest BCUT2D eigenvalue weighted by Crippen LogP contribution is -2.49. The predicted octanol–water partition coefficient (Wildman–Crippen LogP) is 2.02. The van der Waals surface area contributed by atoms with Crippen LogP contribution in [0.2, 0.25) is 0 Å². The van der Waals surface area contributed by atoms with Gasteiger partial charge in [0.05, 0.1) is 12.6 Å². The predicted molar refractivity (Wildman–Crippen MR) is 65.8 cm³/mol. The van der Waals surface area contributed by atoms with Crippen molar-refractivity contribution in [3.63, 3.8) is 0 Å². The van der Waals surface area contributed by atoms with Crippen molar-refractivity contribution in [3.05, 3.63) is 35.9 Å². The number of nitrogens with one attached hydrogen (secondary N) is 1. The summed E-state index contributed by atoms with van der Waals surface area (Å²) in [6.07, 6.45) is -0.747. The summed E-state index contributed by atoms with van der Waals surface area (Å²) in [6.45, 7) is 2.19. The molecule has 0 spiro atoms. The van der Waals surface area contributed by atoms with E-state index in [9.17, 15) is 9.18 Å². The number of alkyl carbamates (subject to hydrolysis) is 1. The number of hydrogen-bond acceptors (Lipinski definition) is 3. The number of halogens is 1. The van der Waals surface area contributed by atoms with Gasteiger partial charge in [0, 0.05) is 0 Å². The second-order valence-electron chi connectivity index (χ2n) is 4.51. The molecule has 0 saturated heterocycles. The number of carbonyl (C=O) groups is 1. The van der Waals surface area contributed by atoms with Gasteiger partial charge in [0.25, 0.3) is 0 Å². The molecule has 0 saturated carbocycles. The van der Waals surface area contributed by atoms with Gasteiger partial charge in [0.2, 0.25) is 0 Å². The summed E-state index contributed by atoms with van der Waals surface area (Å²) in [7, 11) is 0. The Hall–Kier alpha value is -1.62. The molecule has 1 aromatic rings. The molecule has 5 heteroatoms. The second kappa shape index (κ2) is 6.35. The molecule has 0 aromatic heterocycles. The smallest absolute Gasteiger partial charge is 0.407 e. The van der Waals surface area contributed by atoms with Crippen LogP contribution in [0.15, 0.2) is 30.3 Å². The summed E-state index contributed by atoms with van der Waals surface area (Å²) >= 11 is 0. The normalized spacial score (nSPS) is 12.9. The van der Waals surface area contributed by atoms with E-state index in [4.69, 9.17) is 9.84 Å². The number of rotatable bonds is 5. The minimum Gasteiger partial charge on any atom is -0.445 e. The molecule has 0 bridgehead atoms. The largest absolute Gasteiger partial charge is 0.445 e. The van der Waals surface area contributed by atoms with Gasteiger partial charge in [-0.3, -0.25) is 0 Å². The molecule has 0 fully saturated rings. The summed E-state index contributed by atoms with van der Waals surface area (Å²) < 4.78 is 18.5. The standard InChI is InChI=1S/C13H18FNO3/c1-13(2,14)11(8-16)15-12(17)18-9-10-6-4-3-5-7-10/h3-7,11,16H,8-9H2,1-2H3,(H,15,17). The van der Waals surface area contributed by atoms with Gasteiger partial charge in [0.15, 0.2) is 0 Å². The topological polar surface area (TPSA) is 58.6 Å². The van der Waals surface area contributed by atoms with Crippen molar-refractivity contribution in [2.75, 3.05) is 6.61 Å². The maximum atomic E-state index is 13.5. The first kappa shape index (κ1) is 14.4. The average molecular weight is 255 g/mol. The van der Waals surface area contributed by atoms with Crippen LogP contribution in [-0.4, -0.2) is 29.5 Å². The zero-order valence-corrected chi connectivity index (χ0v) is 10.5. The number of aliphatic hydroxyl groups is 1. The Balaban J connectivity index is 2.42. The van der Waals surface area contributed by atoms with Gasteiger partial charge in [0.1, 0.15) is 12.3 Å². The maximum absolute atomic E-state index is 13.5. The Morgan fingerprint density at radius 1 is 1.44 bits per heavy atom. The lowest BCUT2D eigenvalue weighted by Gasteiger charge is -2.25. The third kappa shape index (κ3) is 4.71. The van der Waals surface area contributed by atoms with Gasteiger partial charge in [-0.05, 0) is 19.4 Å². The van der Waals surface area contributed by atoms with Gasteiger partial charge >= 0.3 is 6.09 Å². The quantitative estimate of drug-likeness (QED) is 0.846. The van der Waals surface area contributed by atoms with Crippen molar-refractivity contribution in [1.82, 2.24) is 5.32 Å². The van der Waals surface area contributed by atoms with Crippen LogP contribution in [0.1, 0.15) is 19.4 Å². The first-order chi connectivity index (χ1) is 8.43. The zero-order valence-electron chi connectivity index (χ0n) is 10.5. The number of alkyl halides is 1. The van der Waals surface area contributed by atoms with Gasteiger partial charge in [-0.1, -0.05) is 30.3 Å². The SMILES string of the molecule is CC(C)(F)C(CO)NC(=O)OCc1ccccc1. The van der Waals surface area contributed by atoms with E-state index in [1.54, 1.807) is 0 Å². The van der Waals surface area contributed by atoms with Crippen molar-refractivity contribution in [3.8, 4) is 0 Å². The molecule has 1 unspecified atom stereocenters. The number of aliphatic hydroxyl groups excluding tert-OH is 1. The first-order valence-electron chi connectivity index (χ1n) is 5.70. The molecule has 0 radical (unpaired) electrons. The van der Waals surface area contributed by atoms with Crippen molar-refractivity contribution < 1.29 is 19.0 Å². The molecule has 0 aliphatic rings. The highest BCUT2D eigenvalue weighted by Gasteiger charge is 2.30. The van der Waals surface area contributed by atoms with Crippen molar-refractivity contribution in [2.24, 2.45) is 0 Å². The third-order valence-electron chi connectivity index (χ3n) is 2.52. The number of hydrogen-bond donors (Lipinski definition) is 2. The van der Waals surface area contributed by atoms with Crippen LogP contribution in [0.4, 0.5) is 9.18 Å². The van der Waals surface area contributed by atoms with Crippen LogP contribution in [0.3, 0.4) is 0 Å². The molecule has 2 N–H and O–H groups in total. The first-order valence-corrected chi connectivity index (χ1v) is 5.70. The minimum absolute atomic E-state index is 0.109. The van der Waals surface area contributed by atoms with E-state index in [2.05, 4.69) is 5.32 Å². The van der Waals surface area contributed by atoms with Crippen LogP contribution in [-0.2, 0) is 11.3 Å². The molecule has 100 valence electrons. The van der Waals surface area contributed by atoms with E-state index in [0.717, 1.165) is 5.56 Å². The van der Waals surface area contributed by atoms with E-state index in [-0.39, 0.29) is 6.61 Å². The van der Waals surface area contributed by atoms with Crippen LogP contribution in [0, 0.1) is 0 Å². The fourth-order valence-electron chi connectivity index (χ4n) is 1.34. The van der Waals surface area contributed by atoms with Gasteiger partial charge in [-0.25, -0.2) is 9.18 Å². The number of carbonyl (C=O) groups excluding carboxylic acids is 1. The Morgan fingerprint density at radius 2 is 2.06 bits per heavy atom. The molecule has 1 atom stereocenters.